The fraction of sp³-hybridized carbons (Fsp3) is 0.333. The maximum Gasteiger partial charge on any atom is 0.255 e. The highest BCUT2D eigenvalue weighted by Crippen LogP contribution is 2.20. The number of hydrogen-bond donors (Lipinski definition) is 3. The molecule has 27 heavy (non-hydrogen) atoms. The van der Waals surface area contributed by atoms with Crippen LogP contribution in [0.4, 0.5) is 11.4 Å². The Bertz CT molecular complexity index is 783. The van der Waals surface area contributed by atoms with Gasteiger partial charge < -0.3 is 20.7 Å². The Morgan fingerprint density at radius 3 is 2.19 bits per heavy atom. The van der Waals surface area contributed by atoms with Crippen LogP contribution >= 0.6 is 0 Å². The second-order valence-electron chi connectivity index (χ2n) is 6.69. The van der Waals surface area contributed by atoms with Gasteiger partial charge in [0, 0.05) is 22.9 Å². The van der Waals surface area contributed by atoms with Gasteiger partial charge in [0.25, 0.3) is 5.91 Å². The summed E-state index contributed by atoms with van der Waals surface area (Å²) in [6.45, 7) is 6.25. The number of anilines is 2. The van der Waals surface area contributed by atoms with Gasteiger partial charge in [-0.05, 0) is 74.5 Å². The predicted octanol–water partition coefficient (Wildman–Crippen LogP) is 3.13. The van der Waals surface area contributed by atoms with Crippen LogP contribution in [0.25, 0.3) is 0 Å². The van der Waals surface area contributed by atoms with Gasteiger partial charge in [-0.2, -0.15) is 0 Å². The van der Waals surface area contributed by atoms with Gasteiger partial charge in [-0.25, -0.2) is 0 Å². The molecular formula is C21H25N3O3. The van der Waals surface area contributed by atoms with Gasteiger partial charge in [-0.1, -0.05) is 6.92 Å². The monoisotopic (exact) mass is 367 g/mol. The summed E-state index contributed by atoms with van der Waals surface area (Å²) in [5.41, 5.74) is 1.92. The third-order valence-electron chi connectivity index (χ3n) is 4.77. The SMILES string of the molecule is CCOc1ccc(NC(=O)c2ccc(NC(=O)C(C)C3CNC3)cc2)cc1. The first kappa shape index (κ1) is 18.9. The van der Waals surface area contributed by atoms with E-state index in [1.165, 1.54) is 0 Å². The Kier molecular flexibility index (Phi) is 6.08. The van der Waals surface area contributed by atoms with Crippen molar-refractivity contribution in [3.05, 3.63) is 54.1 Å². The fourth-order valence-corrected chi connectivity index (χ4v) is 2.84. The molecule has 1 aliphatic heterocycles. The number of carbonyl (C=O) groups excluding carboxylic acids is 2. The molecule has 2 aromatic rings. The zero-order valence-electron chi connectivity index (χ0n) is 15.6. The summed E-state index contributed by atoms with van der Waals surface area (Å²) in [5, 5.41) is 8.94. The molecule has 6 heteroatoms. The van der Waals surface area contributed by atoms with Crippen molar-refractivity contribution in [3.8, 4) is 5.75 Å². The molecule has 142 valence electrons. The van der Waals surface area contributed by atoms with E-state index < -0.39 is 0 Å². The van der Waals surface area contributed by atoms with E-state index in [9.17, 15) is 9.59 Å². The zero-order valence-corrected chi connectivity index (χ0v) is 15.6. The molecule has 1 fully saturated rings. The number of carbonyl (C=O) groups is 2. The average molecular weight is 367 g/mol. The second kappa shape index (κ2) is 8.68. The lowest BCUT2D eigenvalue weighted by Crippen LogP contribution is -2.48. The van der Waals surface area contributed by atoms with E-state index in [1.54, 1.807) is 36.4 Å². The molecule has 1 unspecified atom stereocenters. The number of hydrogen-bond acceptors (Lipinski definition) is 4. The minimum Gasteiger partial charge on any atom is -0.494 e. The number of rotatable bonds is 7. The van der Waals surface area contributed by atoms with Gasteiger partial charge in [-0.3, -0.25) is 9.59 Å². The minimum absolute atomic E-state index is 0.00749. The van der Waals surface area contributed by atoms with Gasteiger partial charge in [0.05, 0.1) is 6.61 Å². The summed E-state index contributed by atoms with van der Waals surface area (Å²) in [6, 6.07) is 14.1. The molecule has 0 saturated carbocycles. The molecule has 3 N–H and O–H groups in total. The van der Waals surface area contributed by atoms with Crippen LogP contribution in [0.1, 0.15) is 24.2 Å². The highest BCUT2D eigenvalue weighted by molar-refractivity contribution is 6.04. The molecule has 1 atom stereocenters. The predicted molar refractivity (Wildman–Crippen MR) is 106 cm³/mol. The highest BCUT2D eigenvalue weighted by atomic mass is 16.5. The van der Waals surface area contributed by atoms with Crippen molar-refractivity contribution in [2.75, 3.05) is 30.3 Å². The van der Waals surface area contributed by atoms with Crippen LogP contribution in [0.3, 0.4) is 0 Å². The maximum absolute atomic E-state index is 12.4. The third kappa shape index (κ3) is 4.86. The van der Waals surface area contributed by atoms with Crippen LogP contribution in [-0.4, -0.2) is 31.5 Å². The van der Waals surface area contributed by atoms with Crippen molar-refractivity contribution in [1.29, 1.82) is 0 Å². The normalized spacial score (nSPS) is 14.7. The first-order valence-electron chi connectivity index (χ1n) is 9.22. The molecule has 2 amide bonds. The van der Waals surface area contributed by atoms with E-state index in [0.717, 1.165) is 18.8 Å². The summed E-state index contributed by atoms with van der Waals surface area (Å²) in [4.78, 5) is 24.6. The van der Waals surface area contributed by atoms with Crippen LogP contribution in [0, 0.1) is 11.8 Å². The van der Waals surface area contributed by atoms with Crippen molar-refractivity contribution in [2.45, 2.75) is 13.8 Å². The van der Waals surface area contributed by atoms with Crippen molar-refractivity contribution in [3.63, 3.8) is 0 Å². The van der Waals surface area contributed by atoms with Crippen LogP contribution < -0.4 is 20.7 Å². The fourth-order valence-electron chi connectivity index (χ4n) is 2.84. The van der Waals surface area contributed by atoms with Crippen molar-refractivity contribution in [1.82, 2.24) is 5.32 Å². The lowest BCUT2D eigenvalue weighted by molar-refractivity contribution is -0.121. The Morgan fingerprint density at radius 2 is 1.63 bits per heavy atom. The standard InChI is InChI=1S/C21H25N3O3/c1-3-27-19-10-8-18(9-11-19)24-21(26)15-4-6-17(7-5-15)23-20(25)14(2)16-12-22-13-16/h4-11,14,16,22H,3,12-13H2,1-2H3,(H,23,25)(H,24,26). The minimum atomic E-state index is -0.203. The van der Waals surface area contributed by atoms with Crippen LogP contribution in [0.2, 0.25) is 0 Å². The summed E-state index contributed by atoms with van der Waals surface area (Å²) in [7, 11) is 0. The number of ether oxygens (including phenoxy) is 1. The van der Waals surface area contributed by atoms with Crippen molar-refractivity contribution >= 4 is 23.2 Å². The zero-order chi connectivity index (χ0) is 19.2. The summed E-state index contributed by atoms with van der Waals surface area (Å²) in [6.07, 6.45) is 0. The molecule has 1 aliphatic rings. The second-order valence-corrected chi connectivity index (χ2v) is 6.69. The molecule has 0 spiro atoms. The lowest BCUT2D eigenvalue weighted by atomic mass is 9.88. The summed E-state index contributed by atoms with van der Waals surface area (Å²) < 4.78 is 5.39. The molecule has 6 nitrogen and oxygen atoms in total. The molecular weight excluding hydrogens is 342 g/mol. The van der Waals surface area contributed by atoms with Gasteiger partial charge in [0.15, 0.2) is 0 Å². The first-order valence-corrected chi connectivity index (χ1v) is 9.22. The molecule has 2 aromatic carbocycles. The summed E-state index contributed by atoms with van der Waals surface area (Å²) in [5.74, 6) is 0.930. The molecule has 1 heterocycles. The Morgan fingerprint density at radius 1 is 1.04 bits per heavy atom. The molecule has 0 aromatic heterocycles. The third-order valence-corrected chi connectivity index (χ3v) is 4.77. The largest absolute Gasteiger partial charge is 0.494 e. The van der Waals surface area contributed by atoms with E-state index >= 15 is 0 Å². The topological polar surface area (TPSA) is 79.5 Å². The van der Waals surface area contributed by atoms with E-state index in [4.69, 9.17) is 4.74 Å². The van der Waals surface area contributed by atoms with Gasteiger partial charge >= 0.3 is 0 Å². The van der Waals surface area contributed by atoms with Crippen LogP contribution in [0.15, 0.2) is 48.5 Å². The van der Waals surface area contributed by atoms with Gasteiger partial charge in [0.1, 0.15) is 5.75 Å². The number of amides is 2. The maximum atomic E-state index is 12.4. The quantitative estimate of drug-likeness (QED) is 0.702. The molecule has 1 saturated heterocycles. The van der Waals surface area contributed by atoms with E-state index in [1.807, 2.05) is 26.0 Å². The molecule has 0 bridgehead atoms. The Hall–Kier alpha value is -2.86. The first-order chi connectivity index (χ1) is 13.1. The van der Waals surface area contributed by atoms with Gasteiger partial charge in [0.2, 0.25) is 5.91 Å². The Balaban J connectivity index is 1.55. The Labute approximate surface area is 159 Å². The summed E-state index contributed by atoms with van der Waals surface area (Å²) >= 11 is 0. The molecule has 0 aliphatic carbocycles. The van der Waals surface area contributed by atoms with Crippen LogP contribution in [0.5, 0.6) is 5.75 Å². The lowest BCUT2D eigenvalue weighted by Gasteiger charge is -2.31. The number of benzene rings is 2. The number of nitrogens with one attached hydrogen (secondary N) is 3. The van der Waals surface area contributed by atoms with E-state index in [0.29, 0.717) is 29.5 Å². The van der Waals surface area contributed by atoms with Crippen molar-refractivity contribution < 1.29 is 14.3 Å². The molecule has 3 rings (SSSR count). The smallest absolute Gasteiger partial charge is 0.255 e. The van der Waals surface area contributed by atoms with Gasteiger partial charge in [-0.15, -0.1) is 0 Å². The average Bonchev–Trinajstić information content (AvgIpc) is 2.62. The van der Waals surface area contributed by atoms with Crippen molar-refractivity contribution in [2.24, 2.45) is 11.8 Å². The van der Waals surface area contributed by atoms with Crippen LogP contribution in [-0.2, 0) is 4.79 Å². The molecule has 0 radical (unpaired) electrons. The van der Waals surface area contributed by atoms with E-state index in [-0.39, 0.29) is 17.7 Å². The highest BCUT2D eigenvalue weighted by Gasteiger charge is 2.28. The van der Waals surface area contributed by atoms with E-state index in [2.05, 4.69) is 16.0 Å².